The topological polar surface area (TPSA) is 78.9 Å². The van der Waals surface area contributed by atoms with Gasteiger partial charge in [-0.3, -0.25) is 14.4 Å². The Labute approximate surface area is 506 Å². The molecule has 0 bridgehead atoms. The summed E-state index contributed by atoms with van der Waals surface area (Å²) in [7, 11) is 0. The molecule has 0 N–H and O–H groups in total. The first-order valence-corrected chi connectivity index (χ1v) is 33.8. The lowest BCUT2D eigenvalue weighted by atomic mass is 10.0. The highest BCUT2D eigenvalue weighted by Crippen LogP contribution is 2.16. The Hall–Kier alpha value is -4.71. The third-order valence-electron chi connectivity index (χ3n) is 14.1. The second kappa shape index (κ2) is 68.8. The van der Waals surface area contributed by atoms with Gasteiger partial charge >= 0.3 is 17.9 Å². The molecule has 464 valence electrons. The molecule has 6 nitrogen and oxygen atoms in total. The Kier molecular flexibility index (Phi) is 64.8. The van der Waals surface area contributed by atoms with Gasteiger partial charge in [0.1, 0.15) is 13.2 Å². The summed E-state index contributed by atoms with van der Waals surface area (Å²) in [5.41, 5.74) is 0. The Balaban J connectivity index is 4.51. The average molecular weight is 1130 g/mol. The standard InChI is InChI=1S/C76H124O6/c1-4-7-10-13-16-19-22-25-28-31-34-36-37-38-39-40-43-45-48-51-54-57-60-63-66-69-75(78)81-72-73(71-80-74(77)68-65-62-59-56-53-50-47-44-41-33-30-27-24-21-18-15-12-9-6-3)82-76(79)70-67-64-61-58-55-52-49-46-42-35-32-29-26-23-20-17-14-11-8-5-2/h7,9-10,12,16,18-19,21,25,27-28,30,34,36,38-39,41,43-45,50-51,53-54,73H,4-6,8,11,13-15,17,20,22-24,26,29,31-33,35,37,40,42,46-49,52,55-72H2,1-3H3/b10-7-,12-9-,19-16-,21-18-,28-25-,30-27-,36-34-,39-38-,44-41-,45-43-,53-50-,54-51-. The van der Waals surface area contributed by atoms with Crippen LogP contribution in [0.5, 0.6) is 0 Å². The first kappa shape index (κ1) is 77.3. The van der Waals surface area contributed by atoms with Gasteiger partial charge < -0.3 is 14.2 Å². The molecule has 0 aromatic heterocycles. The molecule has 1 atom stereocenters. The molecular formula is C76H124O6. The second-order valence-electron chi connectivity index (χ2n) is 22.0. The number of rotatable bonds is 60. The Bertz CT molecular complexity index is 1780. The van der Waals surface area contributed by atoms with E-state index in [1.165, 1.54) is 109 Å². The zero-order chi connectivity index (χ0) is 59.2. The van der Waals surface area contributed by atoms with Gasteiger partial charge in [0, 0.05) is 19.3 Å². The average Bonchev–Trinajstić information content (AvgIpc) is 3.47. The molecule has 0 fully saturated rings. The van der Waals surface area contributed by atoms with Gasteiger partial charge in [0.25, 0.3) is 0 Å². The van der Waals surface area contributed by atoms with Crippen LogP contribution >= 0.6 is 0 Å². The van der Waals surface area contributed by atoms with Crippen LogP contribution in [0, 0.1) is 0 Å². The van der Waals surface area contributed by atoms with E-state index in [9.17, 15) is 14.4 Å². The molecule has 0 aliphatic carbocycles. The van der Waals surface area contributed by atoms with Crippen molar-refractivity contribution >= 4 is 17.9 Å². The number of unbranched alkanes of at least 4 members (excludes halogenated alkanes) is 25. The highest BCUT2D eigenvalue weighted by Gasteiger charge is 2.19. The van der Waals surface area contributed by atoms with Crippen LogP contribution in [0.2, 0.25) is 0 Å². The smallest absolute Gasteiger partial charge is 0.306 e. The zero-order valence-corrected chi connectivity index (χ0v) is 53.2. The van der Waals surface area contributed by atoms with E-state index in [1.807, 2.05) is 0 Å². The third kappa shape index (κ3) is 66.1. The van der Waals surface area contributed by atoms with E-state index in [0.717, 1.165) is 148 Å². The number of hydrogen-bond acceptors (Lipinski definition) is 6. The van der Waals surface area contributed by atoms with Crippen LogP contribution < -0.4 is 0 Å². The monoisotopic (exact) mass is 1130 g/mol. The largest absolute Gasteiger partial charge is 0.462 e. The van der Waals surface area contributed by atoms with Gasteiger partial charge in [-0.15, -0.1) is 0 Å². The molecule has 0 aromatic carbocycles. The lowest BCUT2D eigenvalue weighted by Crippen LogP contribution is -2.30. The van der Waals surface area contributed by atoms with Crippen molar-refractivity contribution < 1.29 is 28.6 Å². The lowest BCUT2D eigenvalue weighted by Gasteiger charge is -2.18. The van der Waals surface area contributed by atoms with E-state index in [1.54, 1.807) is 0 Å². The van der Waals surface area contributed by atoms with Crippen LogP contribution in [0.1, 0.15) is 297 Å². The fourth-order valence-electron chi connectivity index (χ4n) is 9.10. The molecule has 1 unspecified atom stereocenters. The van der Waals surface area contributed by atoms with Crippen LogP contribution in [0.25, 0.3) is 0 Å². The van der Waals surface area contributed by atoms with Gasteiger partial charge in [-0.05, 0) is 122 Å². The normalized spacial score (nSPS) is 13.1. The predicted molar refractivity (Wildman–Crippen MR) is 357 cm³/mol. The van der Waals surface area contributed by atoms with Crippen LogP contribution in [0.3, 0.4) is 0 Å². The molecule has 6 heteroatoms. The number of allylic oxidation sites excluding steroid dienone is 24. The molecule has 0 aliphatic heterocycles. The summed E-state index contributed by atoms with van der Waals surface area (Å²) < 4.78 is 16.9. The first-order valence-electron chi connectivity index (χ1n) is 33.8. The maximum atomic E-state index is 13.0. The highest BCUT2D eigenvalue weighted by molar-refractivity contribution is 5.71. The van der Waals surface area contributed by atoms with Crippen molar-refractivity contribution in [2.24, 2.45) is 0 Å². The second-order valence-corrected chi connectivity index (χ2v) is 22.0. The van der Waals surface area contributed by atoms with E-state index in [4.69, 9.17) is 14.2 Å². The number of carbonyl (C=O) groups excluding carboxylic acids is 3. The van der Waals surface area contributed by atoms with Crippen molar-refractivity contribution in [3.05, 3.63) is 146 Å². The summed E-state index contributed by atoms with van der Waals surface area (Å²) in [6, 6.07) is 0. The van der Waals surface area contributed by atoms with Crippen LogP contribution in [-0.2, 0) is 28.6 Å². The molecule has 0 amide bonds. The van der Waals surface area contributed by atoms with Gasteiger partial charge in [0.05, 0.1) is 0 Å². The maximum Gasteiger partial charge on any atom is 0.306 e. The molecular weight excluding hydrogens is 1010 g/mol. The lowest BCUT2D eigenvalue weighted by molar-refractivity contribution is -0.167. The van der Waals surface area contributed by atoms with Crippen molar-refractivity contribution in [2.75, 3.05) is 13.2 Å². The number of carbonyl (C=O) groups is 3. The fourth-order valence-corrected chi connectivity index (χ4v) is 9.10. The van der Waals surface area contributed by atoms with Gasteiger partial charge in [0.15, 0.2) is 6.10 Å². The fraction of sp³-hybridized carbons (Fsp3) is 0.645. The highest BCUT2D eigenvalue weighted by atomic mass is 16.6. The van der Waals surface area contributed by atoms with E-state index in [-0.39, 0.29) is 31.1 Å². The molecule has 0 rings (SSSR count). The van der Waals surface area contributed by atoms with E-state index < -0.39 is 6.10 Å². The number of hydrogen-bond donors (Lipinski definition) is 0. The third-order valence-corrected chi connectivity index (χ3v) is 14.1. The first-order chi connectivity index (χ1) is 40.5. The molecule has 0 aliphatic rings. The minimum Gasteiger partial charge on any atom is -0.462 e. The summed E-state index contributed by atoms with van der Waals surface area (Å²) in [5.74, 6) is -0.965. The number of ether oxygens (including phenoxy) is 3. The Morgan fingerprint density at radius 1 is 0.256 bits per heavy atom. The Morgan fingerprint density at radius 3 is 0.744 bits per heavy atom. The molecule has 0 heterocycles. The van der Waals surface area contributed by atoms with Crippen LogP contribution in [0.4, 0.5) is 0 Å². The van der Waals surface area contributed by atoms with Gasteiger partial charge in [0.2, 0.25) is 0 Å². The Morgan fingerprint density at radius 2 is 0.476 bits per heavy atom. The van der Waals surface area contributed by atoms with E-state index >= 15 is 0 Å². The van der Waals surface area contributed by atoms with Crippen molar-refractivity contribution in [1.82, 2.24) is 0 Å². The van der Waals surface area contributed by atoms with Gasteiger partial charge in [-0.1, -0.05) is 301 Å². The van der Waals surface area contributed by atoms with Crippen LogP contribution in [0.15, 0.2) is 146 Å². The molecule has 0 saturated heterocycles. The molecule has 82 heavy (non-hydrogen) atoms. The van der Waals surface area contributed by atoms with E-state index in [0.29, 0.717) is 19.3 Å². The molecule has 0 spiro atoms. The minimum atomic E-state index is -0.813. The maximum absolute atomic E-state index is 13.0. The SMILES string of the molecule is CC/C=C\C/C=C\C/C=C\C/C=C\C/C=C\C/C=C\C/C=C\CCCCCC(=O)OCC(COC(=O)CCCCC/C=C\C/C=C\C/C=C\C/C=C\C/C=C\CC)OC(=O)CCCCCCCCCCCCCCCCCCCCCC. The zero-order valence-electron chi connectivity index (χ0n) is 53.2. The quantitative estimate of drug-likeness (QED) is 0.0261. The van der Waals surface area contributed by atoms with Gasteiger partial charge in [-0.25, -0.2) is 0 Å². The van der Waals surface area contributed by atoms with Crippen LogP contribution in [-0.4, -0.2) is 37.2 Å². The predicted octanol–water partition coefficient (Wildman–Crippen LogP) is 23.5. The summed E-state index contributed by atoms with van der Waals surface area (Å²) in [6.07, 6.45) is 98.6. The van der Waals surface area contributed by atoms with Crippen molar-refractivity contribution in [3.63, 3.8) is 0 Å². The summed E-state index contributed by atoms with van der Waals surface area (Å²) >= 11 is 0. The van der Waals surface area contributed by atoms with Gasteiger partial charge in [-0.2, -0.15) is 0 Å². The molecule has 0 radical (unpaired) electrons. The minimum absolute atomic E-state index is 0.109. The summed E-state index contributed by atoms with van der Waals surface area (Å²) in [4.78, 5) is 38.4. The molecule has 0 saturated carbocycles. The molecule has 0 aromatic rings. The summed E-state index contributed by atoms with van der Waals surface area (Å²) in [5, 5.41) is 0. The van der Waals surface area contributed by atoms with Crippen molar-refractivity contribution in [2.45, 2.75) is 303 Å². The van der Waals surface area contributed by atoms with Crippen molar-refractivity contribution in [1.29, 1.82) is 0 Å². The van der Waals surface area contributed by atoms with Crippen molar-refractivity contribution in [3.8, 4) is 0 Å². The van der Waals surface area contributed by atoms with E-state index in [2.05, 4.69) is 167 Å². The number of esters is 3. The summed E-state index contributed by atoms with van der Waals surface area (Å²) in [6.45, 7) is 6.38.